The average molecular weight is 541 g/mol. The van der Waals surface area contributed by atoms with Crippen molar-refractivity contribution in [3.8, 4) is 62.1 Å². The summed E-state index contributed by atoms with van der Waals surface area (Å²) in [7, 11) is 0. The van der Waals surface area contributed by atoms with E-state index >= 15 is 0 Å². The number of fused-ring (bicyclic) bond motifs is 1. The molecule has 5 aromatic carbocycles. The maximum atomic E-state index is 10.8. The molecule has 0 heterocycles. The van der Waals surface area contributed by atoms with E-state index in [1.54, 1.807) is 30.4 Å². The van der Waals surface area contributed by atoms with E-state index in [0.717, 1.165) is 38.8 Å². The van der Waals surface area contributed by atoms with Crippen LogP contribution in [-0.2, 0) is 0 Å². The molecule has 0 aromatic heterocycles. The molecule has 41 heavy (non-hydrogen) atoms. The van der Waals surface area contributed by atoms with E-state index in [0.29, 0.717) is 22.1 Å². The van der Waals surface area contributed by atoms with Crippen molar-refractivity contribution in [1.82, 2.24) is 0 Å². The fourth-order valence-electron chi connectivity index (χ4n) is 5.46. The van der Waals surface area contributed by atoms with Crippen molar-refractivity contribution >= 4 is 35.1 Å². The number of hydrogen-bond acceptors (Lipinski definition) is 5. The lowest BCUT2D eigenvalue weighted by molar-refractivity contribution is 0.330. The standard InChI is InChI=1S/C36H28O5/c1-5-20-12-11-15-26(23(20)6-2)21-16-18-22(19-17-21)29-24(7-3)25(8-4)30(28-14-10-9-13-27(28)29)31-32(37)34(39)36(41)35(40)33(31)38/h5-19,37-41H,1-4H2. The largest absolute Gasteiger partial charge is 0.504 e. The van der Waals surface area contributed by atoms with Crippen LogP contribution in [0, 0.1) is 0 Å². The van der Waals surface area contributed by atoms with Crippen LogP contribution in [0.25, 0.3) is 68.5 Å². The molecule has 5 heteroatoms. The summed E-state index contributed by atoms with van der Waals surface area (Å²) < 4.78 is 0. The first kappa shape index (κ1) is 26.9. The van der Waals surface area contributed by atoms with Gasteiger partial charge in [-0.25, -0.2) is 0 Å². The molecule has 0 radical (unpaired) electrons. The van der Waals surface area contributed by atoms with Gasteiger partial charge in [0.1, 0.15) is 0 Å². The molecule has 0 saturated heterocycles. The lowest BCUT2D eigenvalue weighted by Gasteiger charge is -2.22. The second kappa shape index (κ2) is 10.5. The average Bonchev–Trinajstić information content (AvgIpc) is 3.01. The third-order valence-electron chi connectivity index (χ3n) is 7.37. The minimum Gasteiger partial charge on any atom is -0.504 e. The maximum Gasteiger partial charge on any atom is 0.208 e. The van der Waals surface area contributed by atoms with Crippen LogP contribution in [-0.4, -0.2) is 25.5 Å². The Morgan fingerprint density at radius 1 is 0.415 bits per heavy atom. The molecule has 0 amide bonds. The summed E-state index contributed by atoms with van der Waals surface area (Å²) in [5.41, 5.74) is 6.97. The zero-order valence-corrected chi connectivity index (χ0v) is 22.2. The van der Waals surface area contributed by atoms with Gasteiger partial charge in [0.25, 0.3) is 0 Å². The summed E-state index contributed by atoms with van der Waals surface area (Å²) >= 11 is 0. The van der Waals surface area contributed by atoms with Gasteiger partial charge in [0, 0.05) is 5.56 Å². The zero-order chi connectivity index (χ0) is 29.4. The number of hydrogen-bond donors (Lipinski definition) is 5. The Morgan fingerprint density at radius 2 is 0.902 bits per heavy atom. The van der Waals surface area contributed by atoms with E-state index in [1.165, 1.54) is 0 Å². The first-order chi connectivity index (χ1) is 19.8. The first-order valence-corrected chi connectivity index (χ1v) is 12.8. The monoisotopic (exact) mass is 540 g/mol. The van der Waals surface area contributed by atoms with Crippen molar-refractivity contribution < 1.29 is 25.5 Å². The number of phenols is 5. The van der Waals surface area contributed by atoms with Crippen molar-refractivity contribution in [2.75, 3.05) is 0 Å². The molecule has 5 nitrogen and oxygen atoms in total. The van der Waals surface area contributed by atoms with Gasteiger partial charge in [0.15, 0.2) is 11.5 Å². The molecule has 0 aliphatic carbocycles. The Kier molecular flexibility index (Phi) is 6.87. The number of benzene rings is 5. The highest BCUT2D eigenvalue weighted by molar-refractivity contribution is 6.13. The Bertz CT molecular complexity index is 1870. The van der Waals surface area contributed by atoms with E-state index < -0.39 is 28.7 Å². The van der Waals surface area contributed by atoms with Gasteiger partial charge in [-0.1, -0.05) is 117 Å². The van der Waals surface area contributed by atoms with Crippen molar-refractivity contribution in [1.29, 1.82) is 0 Å². The highest BCUT2D eigenvalue weighted by Crippen LogP contribution is 2.57. The lowest BCUT2D eigenvalue weighted by Crippen LogP contribution is -1.97. The molecule has 0 fully saturated rings. The van der Waals surface area contributed by atoms with Gasteiger partial charge in [-0.3, -0.25) is 0 Å². The highest BCUT2D eigenvalue weighted by atomic mass is 16.4. The van der Waals surface area contributed by atoms with Gasteiger partial charge >= 0.3 is 0 Å². The van der Waals surface area contributed by atoms with Crippen LogP contribution in [0.1, 0.15) is 22.3 Å². The predicted molar refractivity (Wildman–Crippen MR) is 169 cm³/mol. The third-order valence-corrected chi connectivity index (χ3v) is 7.37. The summed E-state index contributed by atoms with van der Waals surface area (Å²) in [4.78, 5) is 0. The molecule has 0 spiro atoms. The lowest BCUT2D eigenvalue weighted by atomic mass is 9.82. The van der Waals surface area contributed by atoms with Crippen molar-refractivity contribution in [3.05, 3.63) is 115 Å². The summed E-state index contributed by atoms with van der Waals surface area (Å²) in [5.74, 6) is -4.48. The van der Waals surface area contributed by atoms with Crippen LogP contribution in [0.2, 0.25) is 0 Å². The van der Waals surface area contributed by atoms with Crippen LogP contribution in [0.3, 0.4) is 0 Å². The minimum absolute atomic E-state index is 0.243. The SMILES string of the molecule is C=Cc1cccc(-c2ccc(-c3c(C=C)c(C=C)c(-c4c(O)c(O)c(O)c(O)c4O)c4ccccc34)cc2)c1C=C. The Morgan fingerprint density at radius 3 is 1.44 bits per heavy atom. The van der Waals surface area contributed by atoms with Crippen LogP contribution >= 0.6 is 0 Å². The second-order valence-electron chi connectivity index (χ2n) is 9.44. The molecule has 0 saturated carbocycles. The summed E-state index contributed by atoms with van der Waals surface area (Å²) in [6.45, 7) is 15.9. The fourth-order valence-corrected chi connectivity index (χ4v) is 5.46. The molecule has 0 bridgehead atoms. The third kappa shape index (κ3) is 4.12. The smallest absolute Gasteiger partial charge is 0.208 e. The maximum absolute atomic E-state index is 10.8. The molecule has 202 valence electrons. The van der Waals surface area contributed by atoms with Crippen LogP contribution < -0.4 is 0 Å². The molecule has 0 aliphatic rings. The summed E-state index contributed by atoms with van der Waals surface area (Å²) in [6.07, 6.45) is 6.85. The second-order valence-corrected chi connectivity index (χ2v) is 9.44. The van der Waals surface area contributed by atoms with Gasteiger partial charge in [-0.2, -0.15) is 0 Å². The molecular weight excluding hydrogens is 512 g/mol. The molecular formula is C36H28O5. The first-order valence-electron chi connectivity index (χ1n) is 12.8. The topological polar surface area (TPSA) is 101 Å². The van der Waals surface area contributed by atoms with Crippen LogP contribution in [0.4, 0.5) is 0 Å². The number of rotatable bonds is 7. The van der Waals surface area contributed by atoms with Gasteiger partial charge in [-0.05, 0) is 55.3 Å². The van der Waals surface area contributed by atoms with Crippen molar-refractivity contribution in [2.45, 2.75) is 0 Å². The van der Waals surface area contributed by atoms with Gasteiger partial charge in [0.05, 0.1) is 5.56 Å². The zero-order valence-electron chi connectivity index (χ0n) is 22.2. The molecule has 5 aromatic rings. The number of phenolic OH excluding ortho intramolecular Hbond substituents is 5. The highest BCUT2D eigenvalue weighted by Gasteiger charge is 2.28. The molecule has 0 aliphatic heterocycles. The Labute approximate surface area is 237 Å². The van der Waals surface area contributed by atoms with Crippen molar-refractivity contribution in [2.24, 2.45) is 0 Å². The van der Waals surface area contributed by atoms with E-state index in [2.05, 4.69) is 26.3 Å². The quantitative estimate of drug-likeness (QED) is 0.105. The van der Waals surface area contributed by atoms with E-state index in [-0.39, 0.29) is 5.56 Å². The van der Waals surface area contributed by atoms with Crippen LogP contribution in [0.15, 0.2) is 93.0 Å². The molecule has 0 unspecified atom stereocenters. The van der Waals surface area contributed by atoms with Gasteiger partial charge in [0.2, 0.25) is 17.2 Å². The molecule has 5 N–H and O–H groups in total. The summed E-state index contributed by atoms with van der Waals surface area (Å²) in [5, 5.41) is 53.6. The predicted octanol–water partition coefficient (Wildman–Crippen LogP) is 8.94. The molecule has 5 rings (SSSR count). The Balaban J connectivity index is 1.82. The Hall–Kier alpha value is -5.68. The van der Waals surface area contributed by atoms with Crippen molar-refractivity contribution in [3.63, 3.8) is 0 Å². The minimum atomic E-state index is -1.02. The fraction of sp³-hybridized carbons (Fsp3) is 0. The number of aromatic hydroxyl groups is 5. The van der Waals surface area contributed by atoms with Gasteiger partial charge < -0.3 is 25.5 Å². The van der Waals surface area contributed by atoms with E-state index in [9.17, 15) is 25.5 Å². The van der Waals surface area contributed by atoms with Gasteiger partial charge in [-0.15, -0.1) is 0 Å². The summed E-state index contributed by atoms with van der Waals surface area (Å²) in [6, 6.07) is 21.5. The van der Waals surface area contributed by atoms with Crippen LogP contribution in [0.5, 0.6) is 28.7 Å². The van der Waals surface area contributed by atoms with E-state index in [4.69, 9.17) is 0 Å². The normalized spacial score (nSPS) is 10.8. The molecule has 0 atom stereocenters. The van der Waals surface area contributed by atoms with E-state index in [1.807, 2.05) is 60.7 Å².